The molecule has 4 aromatic rings. The fourth-order valence-corrected chi connectivity index (χ4v) is 3.45. The van der Waals surface area contributed by atoms with Gasteiger partial charge in [0.25, 0.3) is 5.56 Å². The van der Waals surface area contributed by atoms with Crippen LogP contribution in [0.25, 0.3) is 21.8 Å². The zero-order valence-corrected chi connectivity index (χ0v) is 15.0. The Balaban J connectivity index is 1.91. The van der Waals surface area contributed by atoms with Crippen LogP contribution in [-0.4, -0.2) is 24.3 Å². The Morgan fingerprint density at radius 1 is 1.19 bits per heavy atom. The van der Waals surface area contributed by atoms with Crippen LogP contribution in [0.3, 0.4) is 0 Å². The minimum absolute atomic E-state index is 0.00286. The van der Waals surface area contributed by atoms with Crippen molar-refractivity contribution in [3.8, 4) is 0 Å². The van der Waals surface area contributed by atoms with Gasteiger partial charge in [0.05, 0.1) is 23.0 Å². The summed E-state index contributed by atoms with van der Waals surface area (Å²) >= 11 is 0. The van der Waals surface area contributed by atoms with Crippen LogP contribution in [0.1, 0.15) is 23.9 Å². The van der Waals surface area contributed by atoms with Crippen molar-refractivity contribution >= 4 is 27.6 Å². The molecule has 1 aromatic carbocycles. The molecule has 3 heterocycles. The van der Waals surface area contributed by atoms with Crippen LogP contribution in [0.5, 0.6) is 0 Å². The summed E-state index contributed by atoms with van der Waals surface area (Å²) in [6.45, 7) is 4.41. The Morgan fingerprint density at radius 3 is 2.77 bits per heavy atom. The molecule has 0 aliphatic rings. The molecule has 0 amide bonds. The summed E-state index contributed by atoms with van der Waals surface area (Å²) in [5.41, 5.74) is 9.41. The molecule has 0 spiro atoms. The van der Waals surface area contributed by atoms with Gasteiger partial charge in [-0.15, -0.1) is 0 Å². The van der Waals surface area contributed by atoms with E-state index in [1.165, 1.54) is 6.33 Å². The molecular formula is C19H20N6O. The predicted molar refractivity (Wildman–Crippen MR) is 102 cm³/mol. The van der Waals surface area contributed by atoms with E-state index < -0.39 is 0 Å². The van der Waals surface area contributed by atoms with Gasteiger partial charge in [0.1, 0.15) is 12.1 Å². The van der Waals surface area contributed by atoms with Gasteiger partial charge in [0, 0.05) is 12.7 Å². The van der Waals surface area contributed by atoms with E-state index >= 15 is 0 Å². The molecule has 0 fully saturated rings. The Hall–Kier alpha value is -3.22. The van der Waals surface area contributed by atoms with Crippen molar-refractivity contribution in [2.75, 3.05) is 5.73 Å². The summed E-state index contributed by atoms with van der Waals surface area (Å²) in [5.74, 6) is 0.432. The second-order valence-electron chi connectivity index (χ2n) is 6.45. The van der Waals surface area contributed by atoms with Crippen LogP contribution >= 0.6 is 0 Å². The highest BCUT2D eigenvalue weighted by Crippen LogP contribution is 2.23. The molecule has 4 rings (SSSR count). The molecule has 3 aromatic heterocycles. The lowest BCUT2D eigenvalue weighted by molar-refractivity contribution is 0.641. The van der Waals surface area contributed by atoms with Gasteiger partial charge in [-0.25, -0.2) is 14.6 Å². The Labute approximate surface area is 150 Å². The highest BCUT2D eigenvalue weighted by atomic mass is 16.1. The maximum absolute atomic E-state index is 12.8. The number of aromatic nitrogens is 5. The normalized spacial score (nSPS) is 11.5. The number of anilines is 1. The van der Waals surface area contributed by atoms with Crippen LogP contribution < -0.4 is 11.3 Å². The molecule has 0 bridgehead atoms. The summed E-state index contributed by atoms with van der Waals surface area (Å²) in [4.78, 5) is 21.3. The van der Waals surface area contributed by atoms with Crippen LogP contribution in [-0.2, 0) is 20.0 Å². The lowest BCUT2D eigenvalue weighted by atomic mass is 10.1. The first-order valence-electron chi connectivity index (χ1n) is 8.55. The molecule has 0 radical (unpaired) electrons. The molecule has 0 aliphatic carbocycles. The summed E-state index contributed by atoms with van der Waals surface area (Å²) in [5, 5.41) is 7.13. The lowest BCUT2D eigenvalue weighted by Crippen LogP contribution is -2.23. The van der Waals surface area contributed by atoms with Gasteiger partial charge < -0.3 is 10.3 Å². The lowest BCUT2D eigenvalue weighted by Gasteiger charge is -2.12. The predicted octanol–water partition coefficient (Wildman–Crippen LogP) is 2.18. The van der Waals surface area contributed by atoms with E-state index in [1.54, 1.807) is 16.3 Å². The number of aryl methyl sites for hydroxylation is 2. The van der Waals surface area contributed by atoms with Crippen LogP contribution in [0.4, 0.5) is 5.82 Å². The molecule has 0 unspecified atom stereocenters. The third-order valence-corrected chi connectivity index (χ3v) is 4.85. The number of nitrogens with zero attached hydrogens (tertiary/aromatic N) is 5. The molecule has 7 heteroatoms. The second kappa shape index (κ2) is 5.94. The summed E-state index contributed by atoms with van der Waals surface area (Å²) < 4.78 is 3.47. The van der Waals surface area contributed by atoms with E-state index in [0.717, 1.165) is 39.5 Å². The number of pyridine rings is 1. The molecule has 0 saturated carbocycles. The van der Waals surface area contributed by atoms with E-state index in [0.29, 0.717) is 18.0 Å². The van der Waals surface area contributed by atoms with Gasteiger partial charge in [0.15, 0.2) is 5.65 Å². The van der Waals surface area contributed by atoms with Crippen molar-refractivity contribution in [3.63, 3.8) is 0 Å². The first-order valence-corrected chi connectivity index (χ1v) is 8.55. The minimum atomic E-state index is -0.00286. The van der Waals surface area contributed by atoms with E-state index in [2.05, 4.69) is 15.1 Å². The van der Waals surface area contributed by atoms with Gasteiger partial charge in [-0.1, -0.05) is 25.1 Å². The van der Waals surface area contributed by atoms with Crippen LogP contribution in [0, 0.1) is 6.92 Å². The molecule has 2 N–H and O–H groups in total. The van der Waals surface area contributed by atoms with Gasteiger partial charge in [-0.05, 0) is 30.4 Å². The van der Waals surface area contributed by atoms with Crippen LogP contribution in [0.2, 0.25) is 0 Å². The Kier molecular flexibility index (Phi) is 3.72. The quantitative estimate of drug-likeness (QED) is 0.613. The van der Waals surface area contributed by atoms with Crippen LogP contribution in [0.15, 0.2) is 35.4 Å². The number of fused-ring (bicyclic) bond motifs is 2. The van der Waals surface area contributed by atoms with E-state index in [9.17, 15) is 4.79 Å². The van der Waals surface area contributed by atoms with E-state index in [-0.39, 0.29) is 5.56 Å². The summed E-state index contributed by atoms with van der Waals surface area (Å²) in [7, 11) is 1.79. The average molecular weight is 348 g/mol. The van der Waals surface area contributed by atoms with Crippen molar-refractivity contribution in [2.45, 2.75) is 26.8 Å². The van der Waals surface area contributed by atoms with Crippen molar-refractivity contribution in [2.24, 2.45) is 7.05 Å². The zero-order valence-electron chi connectivity index (χ0n) is 15.0. The number of hydrogen-bond acceptors (Lipinski definition) is 5. The van der Waals surface area contributed by atoms with Gasteiger partial charge >= 0.3 is 0 Å². The zero-order chi connectivity index (χ0) is 18.4. The molecule has 0 aliphatic heterocycles. The number of hydrogen-bond donors (Lipinski definition) is 1. The number of nitrogens with two attached hydrogens (primary N) is 1. The highest BCUT2D eigenvalue weighted by Gasteiger charge is 2.16. The Bertz CT molecular complexity index is 1200. The third kappa shape index (κ3) is 2.35. The van der Waals surface area contributed by atoms with Gasteiger partial charge in [-0.2, -0.15) is 5.10 Å². The first-order chi connectivity index (χ1) is 12.5. The molecule has 132 valence electrons. The first kappa shape index (κ1) is 16.3. The monoisotopic (exact) mass is 348 g/mol. The fourth-order valence-electron chi connectivity index (χ4n) is 3.45. The van der Waals surface area contributed by atoms with Gasteiger partial charge in [-0.3, -0.25) is 4.79 Å². The molecule has 0 saturated heterocycles. The van der Waals surface area contributed by atoms with Crippen molar-refractivity contribution in [3.05, 3.63) is 57.9 Å². The SMILES string of the molecule is CCc1nn(Cc2cc3cccc(C)c3c(=O)n2C)c2ncnc(N)c12. The molecule has 0 atom stereocenters. The largest absolute Gasteiger partial charge is 0.383 e. The van der Waals surface area contributed by atoms with E-state index in [1.807, 2.05) is 38.1 Å². The standard InChI is InChI=1S/C19H20N6O/c1-4-14-16-17(20)21-10-22-18(16)25(23-14)9-13-8-12-7-5-6-11(2)15(12)19(26)24(13)3/h5-8,10H,4,9H2,1-3H3,(H2,20,21,22). The number of nitrogen functional groups attached to an aromatic ring is 1. The maximum atomic E-state index is 12.8. The highest BCUT2D eigenvalue weighted by molar-refractivity contribution is 5.88. The maximum Gasteiger partial charge on any atom is 0.258 e. The fraction of sp³-hybridized carbons (Fsp3) is 0.263. The van der Waals surface area contributed by atoms with Gasteiger partial charge in [0.2, 0.25) is 0 Å². The van der Waals surface area contributed by atoms with Crippen molar-refractivity contribution in [1.29, 1.82) is 0 Å². The minimum Gasteiger partial charge on any atom is -0.383 e. The number of rotatable bonds is 3. The van der Waals surface area contributed by atoms with E-state index in [4.69, 9.17) is 5.73 Å². The average Bonchev–Trinajstić information content (AvgIpc) is 2.98. The summed E-state index contributed by atoms with van der Waals surface area (Å²) in [6.07, 6.45) is 2.18. The summed E-state index contributed by atoms with van der Waals surface area (Å²) in [6, 6.07) is 7.92. The second-order valence-corrected chi connectivity index (χ2v) is 6.45. The molecular weight excluding hydrogens is 328 g/mol. The smallest absolute Gasteiger partial charge is 0.258 e. The Morgan fingerprint density at radius 2 is 2.00 bits per heavy atom. The van der Waals surface area contributed by atoms with Crippen molar-refractivity contribution < 1.29 is 0 Å². The molecule has 26 heavy (non-hydrogen) atoms. The number of benzene rings is 1. The third-order valence-electron chi connectivity index (χ3n) is 4.85. The van der Waals surface area contributed by atoms with Crippen molar-refractivity contribution in [1.82, 2.24) is 24.3 Å². The topological polar surface area (TPSA) is 91.6 Å². The molecule has 7 nitrogen and oxygen atoms in total.